The first kappa shape index (κ1) is 23.9. The maximum absolute atomic E-state index is 14.6. The number of nitrogens with zero attached hydrogens (tertiary/aromatic N) is 1. The smallest absolute Gasteiger partial charge is 0.340 e. The Bertz CT molecular complexity index is 1640. The van der Waals surface area contributed by atoms with Gasteiger partial charge in [0.2, 0.25) is 0 Å². The molecule has 0 aliphatic carbocycles. The molecule has 1 heterocycles. The number of fused-ring (bicyclic) bond motifs is 1. The molecular weight excluding hydrogens is 478 g/mol. The third-order valence-electron chi connectivity index (χ3n) is 5.72. The first-order valence-corrected chi connectivity index (χ1v) is 11.3. The molecule has 6 nitrogen and oxygen atoms in total. The molecule has 37 heavy (non-hydrogen) atoms. The second kappa shape index (κ2) is 10.0. The Morgan fingerprint density at radius 2 is 1.51 bits per heavy atom. The number of hydrogen-bond donors (Lipinski definition) is 2. The van der Waals surface area contributed by atoms with E-state index in [1.165, 1.54) is 6.07 Å². The summed E-state index contributed by atoms with van der Waals surface area (Å²) in [6, 6.07) is 24.9. The molecule has 0 amide bonds. The molecule has 5 aromatic rings. The zero-order valence-corrected chi connectivity index (χ0v) is 19.3. The predicted molar refractivity (Wildman–Crippen MR) is 135 cm³/mol. The van der Waals surface area contributed by atoms with Crippen molar-refractivity contribution in [3.8, 4) is 34.4 Å². The molecule has 0 bridgehead atoms. The van der Waals surface area contributed by atoms with Gasteiger partial charge >= 0.3 is 5.97 Å². The lowest BCUT2D eigenvalue weighted by Crippen LogP contribution is -2.04. The summed E-state index contributed by atoms with van der Waals surface area (Å²) in [6.07, 6.45) is 0. The quantitative estimate of drug-likeness (QED) is 0.253. The van der Waals surface area contributed by atoms with E-state index >= 15 is 0 Å². The fourth-order valence-corrected chi connectivity index (χ4v) is 3.97. The molecule has 4 aromatic carbocycles. The maximum Gasteiger partial charge on any atom is 0.340 e. The highest BCUT2D eigenvalue weighted by atomic mass is 19.1. The van der Waals surface area contributed by atoms with Crippen LogP contribution in [0, 0.1) is 11.6 Å². The summed E-state index contributed by atoms with van der Waals surface area (Å²) < 4.78 is 40.4. The lowest BCUT2D eigenvalue weighted by atomic mass is 10.0. The highest BCUT2D eigenvalue weighted by Gasteiger charge is 2.21. The van der Waals surface area contributed by atoms with Gasteiger partial charge in [0.1, 0.15) is 17.1 Å². The first-order chi connectivity index (χ1) is 17.9. The van der Waals surface area contributed by atoms with Crippen LogP contribution in [0.1, 0.15) is 15.9 Å². The van der Waals surface area contributed by atoms with Crippen LogP contribution in [0.5, 0.6) is 23.3 Å². The van der Waals surface area contributed by atoms with E-state index in [0.717, 1.165) is 16.7 Å². The van der Waals surface area contributed by atoms with Crippen molar-refractivity contribution in [3.63, 3.8) is 0 Å². The molecule has 0 saturated carbocycles. The van der Waals surface area contributed by atoms with Crippen molar-refractivity contribution < 1.29 is 28.2 Å². The van der Waals surface area contributed by atoms with Gasteiger partial charge in [0.15, 0.2) is 11.6 Å². The van der Waals surface area contributed by atoms with Crippen molar-refractivity contribution >= 4 is 16.7 Å². The largest absolute Gasteiger partial charge is 0.478 e. The molecule has 0 atom stereocenters. The number of hydrogen-bond acceptors (Lipinski definition) is 5. The molecule has 3 N–H and O–H groups in total. The standard InChI is InChI=1S/C29H20F2N2O4/c30-23-15-24(31)28(37-25-12-11-18-6-1-2-10-22(18)26(25)29(34)35)33-27(23)36-21-9-4-8-20(14-21)19-7-3-5-17(13-19)16-32/h1-15H,16,32H2,(H,34,35). The van der Waals surface area contributed by atoms with Gasteiger partial charge in [-0.25, -0.2) is 13.6 Å². The van der Waals surface area contributed by atoms with E-state index in [2.05, 4.69) is 4.98 Å². The monoisotopic (exact) mass is 498 g/mol. The summed E-state index contributed by atoms with van der Waals surface area (Å²) in [7, 11) is 0. The Labute approximate surface area is 210 Å². The van der Waals surface area contributed by atoms with Crippen LogP contribution in [-0.4, -0.2) is 16.1 Å². The van der Waals surface area contributed by atoms with E-state index in [1.54, 1.807) is 48.5 Å². The summed E-state index contributed by atoms with van der Waals surface area (Å²) in [5.41, 5.74) is 8.20. The number of halogens is 2. The molecule has 0 saturated heterocycles. The Morgan fingerprint density at radius 3 is 2.27 bits per heavy atom. The van der Waals surface area contributed by atoms with E-state index in [-0.39, 0.29) is 17.1 Å². The lowest BCUT2D eigenvalue weighted by Gasteiger charge is -2.13. The van der Waals surface area contributed by atoms with Crippen molar-refractivity contribution in [1.82, 2.24) is 4.98 Å². The number of ether oxygens (including phenoxy) is 2. The predicted octanol–water partition coefficient (Wildman–Crippen LogP) is 6.92. The fraction of sp³-hybridized carbons (Fsp3) is 0.0345. The molecule has 5 rings (SSSR count). The van der Waals surface area contributed by atoms with Gasteiger partial charge in [-0.1, -0.05) is 60.7 Å². The average molecular weight is 498 g/mol. The van der Waals surface area contributed by atoms with E-state index in [9.17, 15) is 18.7 Å². The second-order valence-corrected chi connectivity index (χ2v) is 8.16. The third-order valence-corrected chi connectivity index (χ3v) is 5.72. The fourth-order valence-electron chi connectivity index (χ4n) is 3.97. The number of aromatic nitrogens is 1. The summed E-state index contributed by atoms with van der Waals surface area (Å²) in [4.78, 5) is 15.8. The highest BCUT2D eigenvalue weighted by Crippen LogP contribution is 2.35. The van der Waals surface area contributed by atoms with E-state index < -0.39 is 29.4 Å². The molecule has 0 radical (unpaired) electrons. The molecular formula is C29H20F2N2O4. The number of aromatic carboxylic acids is 1. The van der Waals surface area contributed by atoms with Crippen molar-refractivity contribution in [1.29, 1.82) is 0 Å². The van der Waals surface area contributed by atoms with Crippen LogP contribution >= 0.6 is 0 Å². The molecule has 8 heteroatoms. The second-order valence-electron chi connectivity index (χ2n) is 8.16. The van der Waals surface area contributed by atoms with Gasteiger partial charge in [-0.15, -0.1) is 0 Å². The summed E-state index contributed by atoms with van der Waals surface area (Å²) >= 11 is 0. The maximum atomic E-state index is 14.6. The van der Waals surface area contributed by atoms with Crippen LogP contribution in [0.3, 0.4) is 0 Å². The lowest BCUT2D eigenvalue weighted by molar-refractivity contribution is 0.0696. The van der Waals surface area contributed by atoms with Crippen LogP contribution in [0.4, 0.5) is 8.78 Å². The van der Waals surface area contributed by atoms with Crippen LogP contribution in [0.2, 0.25) is 0 Å². The van der Waals surface area contributed by atoms with E-state index in [4.69, 9.17) is 15.2 Å². The number of carboxylic acid groups (broad SMARTS) is 1. The van der Waals surface area contributed by atoms with Gasteiger partial charge in [0, 0.05) is 12.6 Å². The van der Waals surface area contributed by atoms with E-state index in [1.807, 2.05) is 30.3 Å². The van der Waals surface area contributed by atoms with Gasteiger partial charge in [-0.2, -0.15) is 4.98 Å². The van der Waals surface area contributed by atoms with Crippen LogP contribution in [-0.2, 0) is 6.54 Å². The third kappa shape index (κ3) is 4.96. The first-order valence-electron chi connectivity index (χ1n) is 11.3. The van der Waals surface area contributed by atoms with Gasteiger partial charge in [0.05, 0.1) is 0 Å². The number of rotatable bonds is 7. The van der Waals surface area contributed by atoms with Gasteiger partial charge < -0.3 is 20.3 Å². The molecule has 1 aromatic heterocycles. The van der Waals surface area contributed by atoms with Crippen LogP contribution in [0.15, 0.2) is 91.0 Å². The minimum absolute atomic E-state index is 0.142. The van der Waals surface area contributed by atoms with Crippen molar-refractivity contribution in [2.75, 3.05) is 0 Å². The van der Waals surface area contributed by atoms with Crippen LogP contribution in [0.25, 0.3) is 21.9 Å². The summed E-state index contributed by atoms with van der Waals surface area (Å²) in [5, 5.41) is 10.8. The van der Waals surface area contributed by atoms with Gasteiger partial charge in [-0.3, -0.25) is 0 Å². The van der Waals surface area contributed by atoms with Gasteiger partial charge in [0.25, 0.3) is 11.8 Å². The topological polar surface area (TPSA) is 94.7 Å². The summed E-state index contributed by atoms with van der Waals surface area (Å²) in [5.74, 6) is -4.45. The number of carbonyl (C=O) groups is 1. The van der Waals surface area contributed by atoms with Gasteiger partial charge in [-0.05, 0) is 51.7 Å². The number of carboxylic acids is 1. The van der Waals surface area contributed by atoms with Crippen molar-refractivity contribution in [2.24, 2.45) is 5.73 Å². The zero-order chi connectivity index (χ0) is 25.9. The Balaban J connectivity index is 1.48. The van der Waals surface area contributed by atoms with Crippen molar-refractivity contribution in [3.05, 3.63) is 114 Å². The number of nitrogens with two attached hydrogens (primary N) is 1. The number of benzene rings is 4. The molecule has 184 valence electrons. The zero-order valence-electron chi connectivity index (χ0n) is 19.3. The van der Waals surface area contributed by atoms with Crippen molar-refractivity contribution in [2.45, 2.75) is 6.54 Å². The molecule has 0 spiro atoms. The molecule has 0 fully saturated rings. The molecule has 0 aliphatic heterocycles. The van der Waals surface area contributed by atoms with E-state index in [0.29, 0.717) is 23.4 Å². The highest BCUT2D eigenvalue weighted by molar-refractivity contribution is 6.06. The minimum Gasteiger partial charge on any atom is -0.478 e. The average Bonchev–Trinajstić information content (AvgIpc) is 2.91. The normalized spacial score (nSPS) is 10.9. The summed E-state index contributed by atoms with van der Waals surface area (Å²) in [6.45, 7) is 0.387. The number of pyridine rings is 1. The molecule has 0 aliphatic rings. The Kier molecular flexibility index (Phi) is 6.49. The van der Waals surface area contributed by atoms with Crippen LogP contribution < -0.4 is 15.2 Å². The Morgan fingerprint density at radius 1 is 0.811 bits per heavy atom. The minimum atomic E-state index is -1.26. The molecule has 0 unspecified atom stereocenters. The Hall–Kier alpha value is -4.82. The SMILES string of the molecule is NCc1cccc(-c2cccc(Oc3nc(Oc4ccc5ccccc5c4C(=O)O)c(F)cc3F)c2)c1.